The fraction of sp³-hybridized carbons (Fsp3) is 0.143. The highest BCUT2D eigenvalue weighted by atomic mass is 16.5. The van der Waals surface area contributed by atoms with Gasteiger partial charge in [0.05, 0.1) is 33.4 Å². The Bertz CT molecular complexity index is 3180. The highest BCUT2D eigenvalue weighted by molar-refractivity contribution is 6.09. The molecule has 10 rings (SSSR count). The van der Waals surface area contributed by atoms with Gasteiger partial charge in [0, 0.05) is 23.0 Å². The number of nitrogens with zero attached hydrogens (tertiary/aromatic N) is 4. The van der Waals surface area contributed by atoms with Crippen LogP contribution in [0.2, 0.25) is 0 Å². The second-order valence-corrected chi connectivity index (χ2v) is 17.9. The van der Waals surface area contributed by atoms with Gasteiger partial charge >= 0.3 is 0 Å². The van der Waals surface area contributed by atoms with Gasteiger partial charge < -0.3 is 4.74 Å². The number of pyridine rings is 1. The molecule has 3 aromatic heterocycles. The van der Waals surface area contributed by atoms with Gasteiger partial charge in [-0.05, 0) is 98.8 Å². The van der Waals surface area contributed by atoms with Crippen molar-refractivity contribution in [3.8, 4) is 50.9 Å². The monoisotopic (exact) mass is 792 g/mol. The van der Waals surface area contributed by atoms with Gasteiger partial charge in [-0.3, -0.25) is 13.7 Å². The van der Waals surface area contributed by atoms with Crippen molar-refractivity contribution in [3.05, 3.63) is 200 Å². The van der Waals surface area contributed by atoms with Crippen molar-refractivity contribution in [1.29, 1.82) is 0 Å². The summed E-state index contributed by atoms with van der Waals surface area (Å²) in [6.45, 7) is 13.5. The topological polar surface area (TPSA) is 35.9 Å². The van der Waals surface area contributed by atoms with Crippen molar-refractivity contribution in [3.63, 3.8) is 0 Å². The van der Waals surface area contributed by atoms with Crippen LogP contribution in [0.1, 0.15) is 52.7 Å². The molecule has 61 heavy (non-hydrogen) atoms. The highest BCUT2D eigenvalue weighted by Gasteiger charge is 2.23. The number of fused-ring (bicyclic) bond motifs is 4. The van der Waals surface area contributed by atoms with Crippen LogP contribution in [0.25, 0.3) is 72.3 Å². The van der Waals surface area contributed by atoms with Gasteiger partial charge in [-0.2, -0.15) is 0 Å². The van der Waals surface area contributed by atoms with E-state index in [0.717, 1.165) is 78.4 Å². The Balaban J connectivity index is 1.12. The summed E-state index contributed by atoms with van der Waals surface area (Å²) in [5.41, 5.74) is 13.3. The first-order valence-corrected chi connectivity index (χ1v) is 21.0. The molecule has 0 unspecified atom stereocenters. The Morgan fingerprint density at radius 1 is 0.508 bits per heavy atom. The SMILES string of the molecule is CC(C)(C)c1ccnc(-n2c3ccccc3c3ccc(Oc4cccc(-n5[c-][n+](-c6c(-c7ccccc7)cccc6-c6ccccc6)c6ccc(C(C)(C)C)cc65)c4)cc32)c1. The second-order valence-electron chi connectivity index (χ2n) is 17.9. The summed E-state index contributed by atoms with van der Waals surface area (Å²) in [6, 6.07) is 62.2. The van der Waals surface area contributed by atoms with E-state index in [2.05, 4.69) is 231 Å². The lowest BCUT2D eigenvalue weighted by atomic mass is 9.87. The van der Waals surface area contributed by atoms with Crippen LogP contribution in [0.15, 0.2) is 182 Å². The Morgan fingerprint density at radius 2 is 1.13 bits per heavy atom. The first-order chi connectivity index (χ1) is 29.5. The third-order valence-corrected chi connectivity index (χ3v) is 11.7. The predicted molar refractivity (Wildman–Crippen MR) is 251 cm³/mol. The molecule has 0 saturated carbocycles. The molecule has 0 aliphatic rings. The van der Waals surface area contributed by atoms with E-state index in [0.29, 0.717) is 0 Å². The van der Waals surface area contributed by atoms with Crippen molar-refractivity contribution in [1.82, 2.24) is 14.1 Å². The van der Waals surface area contributed by atoms with E-state index in [-0.39, 0.29) is 10.8 Å². The molecule has 298 valence electrons. The first kappa shape index (κ1) is 38.0. The predicted octanol–water partition coefficient (Wildman–Crippen LogP) is 13.9. The van der Waals surface area contributed by atoms with Gasteiger partial charge in [0.15, 0.2) is 0 Å². The molecule has 10 aromatic rings. The van der Waals surface area contributed by atoms with Gasteiger partial charge in [0.25, 0.3) is 6.33 Å². The molecular formula is C56H48N4O. The third-order valence-electron chi connectivity index (χ3n) is 11.7. The van der Waals surface area contributed by atoms with Crippen molar-refractivity contribution < 1.29 is 9.30 Å². The summed E-state index contributed by atoms with van der Waals surface area (Å²) in [5, 5.41) is 2.33. The summed E-state index contributed by atoms with van der Waals surface area (Å²) >= 11 is 0. The normalized spacial score (nSPS) is 12.1. The maximum absolute atomic E-state index is 6.78. The molecule has 0 spiro atoms. The molecule has 7 aromatic carbocycles. The molecule has 5 nitrogen and oxygen atoms in total. The molecule has 0 N–H and O–H groups in total. The van der Waals surface area contributed by atoms with Crippen LogP contribution in [0.5, 0.6) is 11.5 Å². The van der Waals surface area contributed by atoms with Gasteiger partial charge in [-0.25, -0.2) is 4.98 Å². The molecule has 5 heteroatoms. The van der Waals surface area contributed by atoms with E-state index in [9.17, 15) is 0 Å². The molecule has 0 fully saturated rings. The summed E-state index contributed by atoms with van der Waals surface area (Å²) in [4.78, 5) is 4.88. The fourth-order valence-corrected chi connectivity index (χ4v) is 8.51. The minimum Gasteiger partial charge on any atom is -0.458 e. The average molecular weight is 793 g/mol. The Labute approximate surface area is 357 Å². The molecule has 3 heterocycles. The number of hydrogen-bond acceptors (Lipinski definition) is 2. The Morgan fingerprint density at radius 3 is 1.84 bits per heavy atom. The zero-order chi connectivity index (χ0) is 41.9. The van der Waals surface area contributed by atoms with Gasteiger partial charge in [-0.15, -0.1) is 0 Å². The zero-order valence-corrected chi connectivity index (χ0v) is 35.5. The van der Waals surface area contributed by atoms with Crippen LogP contribution in [0, 0.1) is 6.33 Å². The van der Waals surface area contributed by atoms with Crippen LogP contribution in [-0.2, 0) is 10.8 Å². The molecule has 0 radical (unpaired) electrons. The zero-order valence-electron chi connectivity index (χ0n) is 35.5. The van der Waals surface area contributed by atoms with Gasteiger partial charge in [-0.1, -0.05) is 157 Å². The van der Waals surface area contributed by atoms with Crippen molar-refractivity contribution in [2.24, 2.45) is 0 Å². The summed E-state index contributed by atoms with van der Waals surface area (Å²) < 4.78 is 13.5. The van der Waals surface area contributed by atoms with Crippen LogP contribution >= 0.6 is 0 Å². The smallest absolute Gasteiger partial charge is 0.269 e. The van der Waals surface area contributed by atoms with E-state index in [4.69, 9.17) is 9.72 Å². The maximum Gasteiger partial charge on any atom is 0.269 e. The quantitative estimate of drug-likeness (QED) is 0.119. The summed E-state index contributed by atoms with van der Waals surface area (Å²) in [6.07, 6.45) is 5.78. The van der Waals surface area contributed by atoms with E-state index >= 15 is 0 Å². The Hall–Kier alpha value is -7.24. The summed E-state index contributed by atoms with van der Waals surface area (Å²) in [5.74, 6) is 2.37. The van der Waals surface area contributed by atoms with E-state index in [1.165, 1.54) is 16.5 Å². The second kappa shape index (κ2) is 14.8. The molecule has 0 amide bonds. The molecule has 0 bridgehead atoms. The molecule has 0 atom stereocenters. The highest BCUT2D eigenvalue weighted by Crippen LogP contribution is 2.38. The minimum absolute atomic E-state index is 0.0126. The lowest BCUT2D eigenvalue weighted by Gasteiger charge is -2.20. The molecule has 0 aliphatic heterocycles. The lowest BCUT2D eigenvalue weighted by Crippen LogP contribution is -2.31. The lowest BCUT2D eigenvalue weighted by molar-refractivity contribution is -0.571. The van der Waals surface area contributed by atoms with E-state index in [1.54, 1.807) is 0 Å². The Kier molecular flexibility index (Phi) is 9.21. The van der Waals surface area contributed by atoms with Crippen molar-refractivity contribution in [2.75, 3.05) is 0 Å². The number of ether oxygens (including phenoxy) is 1. The first-order valence-electron chi connectivity index (χ1n) is 21.0. The molecular weight excluding hydrogens is 745 g/mol. The summed E-state index contributed by atoms with van der Waals surface area (Å²) in [7, 11) is 0. The van der Waals surface area contributed by atoms with Crippen LogP contribution < -0.4 is 9.30 Å². The molecule has 0 aliphatic carbocycles. The van der Waals surface area contributed by atoms with E-state index < -0.39 is 0 Å². The average Bonchev–Trinajstić information content (AvgIpc) is 3.82. The van der Waals surface area contributed by atoms with Crippen LogP contribution in [0.3, 0.4) is 0 Å². The van der Waals surface area contributed by atoms with Crippen LogP contribution in [0.4, 0.5) is 0 Å². The minimum atomic E-state index is -0.0546. The maximum atomic E-state index is 6.78. The number of para-hydroxylation sites is 2. The number of aromatic nitrogens is 4. The van der Waals surface area contributed by atoms with Crippen molar-refractivity contribution in [2.45, 2.75) is 52.4 Å². The third kappa shape index (κ3) is 6.96. The van der Waals surface area contributed by atoms with Gasteiger partial charge in [0.2, 0.25) is 0 Å². The number of rotatable bonds is 7. The van der Waals surface area contributed by atoms with E-state index in [1.807, 2.05) is 12.3 Å². The largest absolute Gasteiger partial charge is 0.458 e. The molecule has 0 saturated heterocycles. The van der Waals surface area contributed by atoms with Crippen LogP contribution in [-0.4, -0.2) is 14.1 Å². The standard InChI is InChI=1S/C56H48N4O/c1-55(2,3)40-27-30-50-52(33-40)58(37-59(50)54-45(38-17-9-7-10-18-38)24-16-25-46(54)39-19-11-8-12-20-39)42-21-15-22-43(35-42)61-44-28-29-48-47-23-13-14-26-49(47)60(51(48)36-44)53-34-41(31-32-57-53)56(4,5)6/h7-36H,1-6H3. The number of benzene rings is 7. The number of imidazole rings is 1. The number of hydrogen-bond donors (Lipinski definition) is 0. The van der Waals surface area contributed by atoms with Gasteiger partial charge in [0.1, 0.15) is 17.3 Å². The van der Waals surface area contributed by atoms with Crippen molar-refractivity contribution >= 4 is 32.8 Å². The fourth-order valence-electron chi connectivity index (χ4n) is 8.51.